The van der Waals surface area contributed by atoms with Crippen molar-refractivity contribution in [3.05, 3.63) is 48.0 Å². The molecule has 0 bridgehead atoms. The van der Waals surface area contributed by atoms with E-state index in [4.69, 9.17) is 9.47 Å². The van der Waals surface area contributed by atoms with Gasteiger partial charge < -0.3 is 19.7 Å². The number of nitrogens with one attached hydrogen (secondary N) is 2. The molecule has 1 aliphatic heterocycles. The maximum absolute atomic E-state index is 5.39. The van der Waals surface area contributed by atoms with Gasteiger partial charge in [0.05, 0.1) is 11.7 Å². The molecule has 0 atom stereocenters. The highest BCUT2D eigenvalue weighted by molar-refractivity contribution is 5.90. The monoisotopic (exact) mass is 392 g/mol. The number of para-hydroxylation sites is 1. The number of hydrogen-bond donors (Lipinski definition) is 2. The summed E-state index contributed by atoms with van der Waals surface area (Å²) in [6.07, 6.45) is 2.72. The summed E-state index contributed by atoms with van der Waals surface area (Å²) in [7, 11) is 4.14. The van der Waals surface area contributed by atoms with Gasteiger partial charge in [-0.05, 0) is 63.0 Å². The zero-order chi connectivity index (χ0) is 20.1. The second-order valence-electron chi connectivity index (χ2n) is 6.98. The Morgan fingerprint density at radius 2 is 1.97 bits per heavy atom. The Bertz CT molecular complexity index is 1020. The average Bonchev–Trinajstić information content (AvgIpc) is 3.19. The van der Waals surface area contributed by atoms with E-state index < -0.39 is 0 Å². The highest BCUT2D eigenvalue weighted by Gasteiger charge is 2.12. The summed E-state index contributed by atoms with van der Waals surface area (Å²) >= 11 is 0. The van der Waals surface area contributed by atoms with E-state index in [9.17, 15) is 0 Å². The summed E-state index contributed by atoms with van der Waals surface area (Å²) in [4.78, 5) is 11.3. The van der Waals surface area contributed by atoms with Crippen LogP contribution in [0.15, 0.2) is 47.6 Å². The second kappa shape index (κ2) is 8.74. The molecule has 0 amide bonds. The Morgan fingerprint density at radius 3 is 2.86 bits per heavy atom. The zero-order valence-corrected chi connectivity index (χ0v) is 16.6. The summed E-state index contributed by atoms with van der Waals surface area (Å²) in [6.45, 7) is 2.10. The van der Waals surface area contributed by atoms with E-state index in [-0.39, 0.29) is 6.79 Å². The van der Waals surface area contributed by atoms with E-state index in [1.54, 1.807) is 6.21 Å². The first-order valence-corrected chi connectivity index (χ1v) is 9.53. The topological polar surface area (TPSA) is 83.9 Å². The lowest BCUT2D eigenvalue weighted by Crippen LogP contribution is -2.17. The average molecular weight is 392 g/mol. The predicted molar refractivity (Wildman–Crippen MR) is 115 cm³/mol. The maximum Gasteiger partial charge on any atom is 0.246 e. The SMILES string of the molecule is CN(C)CCCNc1nc(NN=Cc2ccc3c(c2)OCO3)nc2ccccc12. The number of anilines is 2. The smallest absolute Gasteiger partial charge is 0.246 e. The third-order valence-electron chi connectivity index (χ3n) is 4.45. The quantitative estimate of drug-likeness (QED) is 0.346. The van der Waals surface area contributed by atoms with Crippen LogP contribution in [0.4, 0.5) is 11.8 Å². The highest BCUT2D eigenvalue weighted by Crippen LogP contribution is 2.32. The van der Waals surface area contributed by atoms with Crippen LogP contribution < -0.4 is 20.2 Å². The lowest BCUT2D eigenvalue weighted by molar-refractivity contribution is 0.174. The Kier molecular flexibility index (Phi) is 5.71. The van der Waals surface area contributed by atoms with E-state index in [2.05, 4.69) is 44.8 Å². The molecule has 2 N–H and O–H groups in total. The van der Waals surface area contributed by atoms with Crippen molar-refractivity contribution in [1.82, 2.24) is 14.9 Å². The van der Waals surface area contributed by atoms with Crippen LogP contribution >= 0.6 is 0 Å². The van der Waals surface area contributed by atoms with Crippen molar-refractivity contribution >= 4 is 28.9 Å². The molecule has 0 radical (unpaired) electrons. The van der Waals surface area contributed by atoms with Crippen molar-refractivity contribution in [1.29, 1.82) is 0 Å². The molecule has 0 spiro atoms. The van der Waals surface area contributed by atoms with Crippen LogP contribution in [0.25, 0.3) is 10.9 Å². The van der Waals surface area contributed by atoms with Gasteiger partial charge in [-0.25, -0.2) is 10.4 Å². The largest absolute Gasteiger partial charge is 0.454 e. The van der Waals surface area contributed by atoms with Crippen molar-refractivity contribution < 1.29 is 9.47 Å². The minimum absolute atomic E-state index is 0.253. The van der Waals surface area contributed by atoms with Crippen LogP contribution in [0.5, 0.6) is 11.5 Å². The van der Waals surface area contributed by atoms with Gasteiger partial charge in [0, 0.05) is 11.9 Å². The number of rotatable bonds is 8. The number of aromatic nitrogens is 2. The molecular formula is C21H24N6O2. The first-order valence-electron chi connectivity index (χ1n) is 9.53. The van der Waals surface area contributed by atoms with E-state index in [1.807, 2.05) is 42.5 Å². The Labute approximate surface area is 169 Å². The van der Waals surface area contributed by atoms with Gasteiger partial charge in [0.15, 0.2) is 11.5 Å². The molecule has 3 aromatic rings. The van der Waals surface area contributed by atoms with Crippen LogP contribution in [0.2, 0.25) is 0 Å². The van der Waals surface area contributed by atoms with E-state index in [0.29, 0.717) is 5.95 Å². The summed E-state index contributed by atoms with van der Waals surface area (Å²) in [6, 6.07) is 13.6. The van der Waals surface area contributed by atoms with Crippen molar-refractivity contribution in [3.8, 4) is 11.5 Å². The van der Waals surface area contributed by atoms with E-state index in [1.165, 1.54) is 0 Å². The van der Waals surface area contributed by atoms with Crippen LogP contribution in [-0.4, -0.2) is 55.1 Å². The Morgan fingerprint density at radius 1 is 1.10 bits per heavy atom. The Hall–Kier alpha value is -3.39. The molecule has 8 heteroatoms. The molecule has 150 valence electrons. The van der Waals surface area contributed by atoms with Gasteiger partial charge in [-0.2, -0.15) is 10.1 Å². The van der Waals surface area contributed by atoms with Gasteiger partial charge in [-0.3, -0.25) is 0 Å². The molecule has 29 heavy (non-hydrogen) atoms. The van der Waals surface area contributed by atoms with Crippen LogP contribution in [0, 0.1) is 0 Å². The summed E-state index contributed by atoms with van der Waals surface area (Å²) in [5, 5.41) is 8.68. The van der Waals surface area contributed by atoms with Gasteiger partial charge >= 0.3 is 0 Å². The van der Waals surface area contributed by atoms with E-state index >= 15 is 0 Å². The van der Waals surface area contributed by atoms with Crippen molar-refractivity contribution in [2.45, 2.75) is 6.42 Å². The van der Waals surface area contributed by atoms with Crippen molar-refractivity contribution in [2.24, 2.45) is 5.10 Å². The summed E-state index contributed by atoms with van der Waals surface area (Å²) in [5.74, 6) is 2.71. The zero-order valence-electron chi connectivity index (χ0n) is 16.6. The number of nitrogens with zero attached hydrogens (tertiary/aromatic N) is 4. The fourth-order valence-electron chi connectivity index (χ4n) is 3.02. The second-order valence-corrected chi connectivity index (χ2v) is 6.98. The normalized spacial score (nSPS) is 12.8. The molecular weight excluding hydrogens is 368 g/mol. The molecule has 1 aliphatic rings. The Balaban J connectivity index is 1.48. The maximum atomic E-state index is 5.39. The molecule has 0 saturated carbocycles. The molecule has 2 aromatic carbocycles. The van der Waals surface area contributed by atoms with Gasteiger partial charge in [0.2, 0.25) is 12.7 Å². The fourth-order valence-corrected chi connectivity index (χ4v) is 3.02. The number of benzene rings is 2. The van der Waals surface area contributed by atoms with Crippen LogP contribution in [0.1, 0.15) is 12.0 Å². The van der Waals surface area contributed by atoms with Crippen LogP contribution in [0.3, 0.4) is 0 Å². The number of fused-ring (bicyclic) bond motifs is 2. The van der Waals surface area contributed by atoms with Gasteiger partial charge in [0.25, 0.3) is 0 Å². The van der Waals surface area contributed by atoms with Crippen LogP contribution in [-0.2, 0) is 0 Å². The molecule has 0 aliphatic carbocycles. The lowest BCUT2D eigenvalue weighted by atomic mass is 10.2. The van der Waals surface area contributed by atoms with Gasteiger partial charge in [-0.1, -0.05) is 12.1 Å². The number of hydrazone groups is 1. The van der Waals surface area contributed by atoms with Gasteiger partial charge in [0.1, 0.15) is 5.82 Å². The van der Waals surface area contributed by atoms with E-state index in [0.717, 1.165) is 53.3 Å². The number of ether oxygens (including phenoxy) is 2. The third kappa shape index (κ3) is 4.72. The summed E-state index contributed by atoms with van der Waals surface area (Å²) < 4.78 is 10.7. The highest BCUT2D eigenvalue weighted by atomic mass is 16.7. The molecule has 2 heterocycles. The molecule has 1 aromatic heterocycles. The molecule has 4 rings (SSSR count). The minimum atomic E-state index is 0.253. The third-order valence-corrected chi connectivity index (χ3v) is 4.45. The lowest BCUT2D eigenvalue weighted by Gasteiger charge is -2.12. The predicted octanol–water partition coefficient (Wildman–Crippen LogP) is 3.17. The number of hydrogen-bond acceptors (Lipinski definition) is 8. The minimum Gasteiger partial charge on any atom is -0.454 e. The molecule has 0 saturated heterocycles. The molecule has 0 unspecified atom stereocenters. The fraction of sp³-hybridized carbons (Fsp3) is 0.286. The summed E-state index contributed by atoms with van der Waals surface area (Å²) in [5.41, 5.74) is 4.68. The first kappa shape index (κ1) is 18.9. The van der Waals surface area contributed by atoms with Crippen molar-refractivity contribution in [2.75, 3.05) is 44.7 Å². The standard InChI is InChI=1S/C21H24N6O2/c1-27(2)11-5-10-22-20-16-6-3-4-7-17(16)24-21(25-20)26-23-13-15-8-9-18-19(12-15)29-14-28-18/h3-4,6-9,12-13H,5,10-11,14H2,1-2H3,(H2,22,24,25,26). The van der Waals surface area contributed by atoms with Gasteiger partial charge in [-0.15, -0.1) is 0 Å². The first-order chi connectivity index (χ1) is 14.2. The molecule has 0 fully saturated rings. The van der Waals surface area contributed by atoms with Crippen molar-refractivity contribution in [3.63, 3.8) is 0 Å². The molecule has 8 nitrogen and oxygen atoms in total.